The van der Waals surface area contributed by atoms with Gasteiger partial charge in [-0.2, -0.15) is 0 Å². The van der Waals surface area contributed by atoms with Gasteiger partial charge in [-0.25, -0.2) is 4.79 Å². The van der Waals surface area contributed by atoms with Crippen molar-refractivity contribution in [3.05, 3.63) is 35.9 Å². The van der Waals surface area contributed by atoms with Gasteiger partial charge in [0.1, 0.15) is 11.5 Å². The van der Waals surface area contributed by atoms with Crippen molar-refractivity contribution in [2.75, 3.05) is 0 Å². The summed E-state index contributed by atoms with van der Waals surface area (Å²) in [5.41, 5.74) is 1.36. The summed E-state index contributed by atoms with van der Waals surface area (Å²) in [5, 5.41) is 9.39. The third-order valence-electron chi connectivity index (χ3n) is 1.94. The fraction of sp³-hybridized carbons (Fsp3) is 0.182. The third-order valence-corrected chi connectivity index (χ3v) is 1.94. The van der Waals surface area contributed by atoms with Gasteiger partial charge in [-0.3, -0.25) is 0 Å². The van der Waals surface area contributed by atoms with Gasteiger partial charge in [-0.1, -0.05) is 12.6 Å². The number of benzene rings is 1. The Bertz CT molecular complexity index is 380. The van der Waals surface area contributed by atoms with Crippen molar-refractivity contribution in [3.8, 4) is 11.5 Å². The Hall–Kier alpha value is -1.77. The molecule has 0 saturated carbocycles. The number of ether oxygens (including phenoxy) is 1. The third kappa shape index (κ3) is 1.93. The van der Waals surface area contributed by atoms with E-state index in [-0.39, 0.29) is 5.75 Å². The molecule has 0 amide bonds. The van der Waals surface area contributed by atoms with E-state index in [1.165, 1.54) is 0 Å². The fourth-order valence-corrected chi connectivity index (χ4v) is 1.12. The minimum Gasteiger partial charge on any atom is -0.508 e. The number of aryl methyl sites for hydroxylation is 1. The van der Waals surface area contributed by atoms with Crippen LogP contribution in [0.15, 0.2) is 24.8 Å². The predicted molar refractivity (Wildman–Crippen MR) is 53.4 cm³/mol. The van der Waals surface area contributed by atoms with Crippen LogP contribution in [0.1, 0.15) is 11.1 Å². The van der Waals surface area contributed by atoms with E-state index in [0.717, 1.165) is 11.6 Å². The molecule has 0 radical (unpaired) electrons. The van der Waals surface area contributed by atoms with Gasteiger partial charge in [0.05, 0.1) is 0 Å². The second-order valence-corrected chi connectivity index (χ2v) is 2.98. The van der Waals surface area contributed by atoms with E-state index in [0.29, 0.717) is 11.3 Å². The molecule has 0 bridgehead atoms. The molecule has 0 heterocycles. The summed E-state index contributed by atoms with van der Waals surface area (Å²) < 4.78 is 4.99. The lowest BCUT2D eigenvalue weighted by molar-refractivity contribution is -0.129. The number of aromatic hydroxyl groups is 1. The second kappa shape index (κ2) is 3.96. The van der Waals surface area contributed by atoms with Crippen LogP contribution in [0.3, 0.4) is 0 Å². The minimum atomic E-state index is -0.526. The Labute approximate surface area is 82.6 Å². The average molecular weight is 192 g/mol. The van der Waals surface area contributed by atoms with E-state index in [9.17, 15) is 9.90 Å². The van der Waals surface area contributed by atoms with E-state index in [2.05, 4.69) is 6.58 Å². The maximum atomic E-state index is 11.0. The quantitative estimate of drug-likeness (QED) is 0.443. The Morgan fingerprint density at radius 2 is 2.14 bits per heavy atom. The molecule has 0 fully saturated rings. The summed E-state index contributed by atoms with van der Waals surface area (Å²) in [6, 6.07) is 3.25. The molecule has 0 aliphatic rings. The first-order chi connectivity index (χ1) is 6.56. The van der Waals surface area contributed by atoms with E-state index in [1.807, 2.05) is 0 Å². The molecular weight excluding hydrogens is 180 g/mol. The Kier molecular flexibility index (Phi) is 2.92. The van der Waals surface area contributed by atoms with E-state index >= 15 is 0 Å². The monoisotopic (exact) mass is 192 g/mol. The molecule has 1 aromatic carbocycles. The molecule has 0 spiro atoms. The number of phenolic OH excluding ortho intramolecular Hbond substituents is 1. The largest absolute Gasteiger partial charge is 0.508 e. The zero-order valence-corrected chi connectivity index (χ0v) is 8.20. The van der Waals surface area contributed by atoms with E-state index in [1.54, 1.807) is 26.0 Å². The Balaban J connectivity index is 3.12. The highest BCUT2D eigenvalue weighted by atomic mass is 16.5. The van der Waals surface area contributed by atoms with Crippen molar-refractivity contribution < 1.29 is 14.6 Å². The van der Waals surface area contributed by atoms with Crippen molar-refractivity contribution in [3.63, 3.8) is 0 Å². The molecule has 0 aromatic heterocycles. The second-order valence-electron chi connectivity index (χ2n) is 2.98. The number of carbonyl (C=O) groups is 1. The molecule has 1 N–H and O–H groups in total. The van der Waals surface area contributed by atoms with Crippen LogP contribution < -0.4 is 4.74 Å². The predicted octanol–water partition coefficient (Wildman–Crippen LogP) is 2.10. The number of hydrogen-bond acceptors (Lipinski definition) is 3. The van der Waals surface area contributed by atoms with E-state index < -0.39 is 5.97 Å². The molecule has 0 saturated heterocycles. The highest BCUT2D eigenvalue weighted by Gasteiger charge is 2.10. The summed E-state index contributed by atoms with van der Waals surface area (Å²) in [4.78, 5) is 11.0. The van der Waals surface area contributed by atoms with Gasteiger partial charge in [0.2, 0.25) is 0 Å². The summed E-state index contributed by atoms with van der Waals surface area (Å²) in [6.45, 7) is 6.79. The highest BCUT2D eigenvalue weighted by Crippen LogP contribution is 2.30. The number of hydrogen-bond donors (Lipinski definition) is 1. The molecule has 3 nitrogen and oxygen atoms in total. The molecule has 0 atom stereocenters. The lowest BCUT2D eigenvalue weighted by Crippen LogP contribution is -2.05. The molecule has 74 valence electrons. The molecule has 1 aromatic rings. The van der Waals surface area contributed by atoms with Gasteiger partial charge < -0.3 is 9.84 Å². The average Bonchev–Trinajstić information content (AvgIpc) is 2.18. The van der Waals surface area contributed by atoms with Crippen LogP contribution in [0.4, 0.5) is 0 Å². The topological polar surface area (TPSA) is 46.5 Å². The lowest BCUT2D eigenvalue weighted by Gasteiger charge is -2.09. The summed E-state index contributed by atoms with van der Waals surface area (Å²) in [6.07, 6.45) is 1.09. The van der Waals surface area contributed by atoms with Gasteiger partial charge in [0.25, 0.3) is 0 Å². The molecule has 0 aliphatic carbocycles. The number of carbonyl (C=O) groups excluding carboxylic acids is 1. The smallest absolute Gasteiger partial charge is 0.335 e. The molecule has 0 aliphatic heterocycles. The van der Waals surface area contributed by atoms with Gasteiger partial charge in [0, 0.05) is 11.6 Å². The minimum absolute atomic E-state index is 0.113. The van der Waals surface area contributed by atoms with Crippen molar-refractivity contribution in [1.82, 2.24) is 0 Å². The zero-order valence-electron chi connectivity index (χ0n) is 8.20. The van der Waals surface area contributed by atoms with Gasteiger partial charge in [-0.15, -0.1) is 0 Å². The van der Waals surface area contributed by atoms with E-state index in [4.69, 9.17) is 4.74 Å². The zero-order chi connectivity index (χ0) is 10.7. The van der Waals surface area contributed by atoms with Crippen molar-refractivity contribution in [2.45, 2.75) is 13.8 Å². The van der Waals surface area contributed by atoms with Crippen LogP contribution in [0.2, 0.25) is 0 Å². The van der Waals surface area contributed by atoms with Crippen molar-refractivity contribution in [1.29, 1.82) is 0 Å². The standard InChI is InChI=1S/C11H12O3/c1-4-10(13)14-11-7(2)5-6-9(12)8(11)3/h4-6,12H,1H2,2-3H3. The molecule has 0 unspecified atom stereocenters. The lowest BCUT2D eigenvalue weighted by atomic mass is 10.1. The normalized spacial score (nSPS) is 9.57. The van der Waals surface area contributed by atoms with Crippen LogP contribution in [0.25, 0.3) is 0 Å². The highest BCUT2D eigenvalue weighted by molar-refractivity contribution is 5.84. The summed E-state index contributed by atoms with van der Waals surface area (Å²) >= 11 is 0. The van der Waals surface area contributed by atoms with Crippen molar-refractivity contribution in [2.24, 2.45) is 0 Å². The first kappa shape index (κ1) is 10.3. The molecular formula is C11H12O3. The SMILES string of the molecule is C=CC(=O)Oc1c(C)ccc(O)c1C. The van der Waals surface area contributed by atoms with Gasteiger partial charge >= 0.3 is 5.97 Å². The molecule has 3 heteroatoms. The van der Waals surface area contributed by atoms with Crippen LogP contribution in [-0.4, -0.2) is 11.1 Å². The fourth-order valence-electron chi connectivity index (χ4n) is 1.12. The maximum absolute atomic E-state index is 11.0. The Morgan fingerprint density at radius 3 is 2.71 bits per heavy atom. The van der Waals surface area contributed by atoms with Crippen LogP contribution in [0, 0.1) is 13.8 Å². The number of rotatable bonds is 2. The molecule has 14 heavy (non-hydrogen) atoms. The summed E-state index contributed by atoms with van der Waals surface area (Å²) in [5.74, 6) is -0.0147. The van der Waals surface area contributed by atoms with Crippen LogP contribution >= 0.6 is 0 Å². The molecule has 1 rings (SSSR count). The Morgan fingerprint density at radius 1 is 1.50 bits per heavy atom. The van der Waals surface area contributed by atoms with Crippen LogP contribution in [0.5, 0.6) is 11.5 Å². The maximum Gasteiger partial charge on any atom is 0.335 e. The van der Waals surface area contributed by atoms with Crippen LogP contribution in [-0.2, 0) is 4.79 Å². The number of phenols is 1. The number of esters is 1. The first-order valence-corrected chi connectivity index (χ1v) is 4.19. The first-order valence-electron chi connectivity index (χ1n) is 4.19. The van der Waals surface area contributed by atoms with Crippen molar-refractivity contribution >= 4 is 5.97 Å². The summed E-state index contributed by atoms with van der Waals surface area (Å²) in [7, 11) is 0. The van der Waals surface area contributed by atoms with Gasteiger partial charge in [-0.05, 0) is 25.5 Å². The van der Waals surface area contributed by atoms with Gasteiger partial charge in [0.15, 0.2) is 0 Å².